The zero-order chi connectivity index (χ0) is 18.2. The summed E-state index contributed by atoms with van der Waals surface area (Å²) >= 11 is 0. The number of nitrogens with zero attached hydrogens (tertiary/aromatic N) is 4. The van der Waals surface area contributed by atoms with E-state index >= 15 is 0 Å². The first-order valence-corrected chi connectivity index (χ1v) is 8.35. The number of rotatable bonds is 6. The Bertz CT molecular complexity index is 648. The summed E-state index contributed by atoms with van der Waals surface area (Å²) in [7, 11) is 1.56. The maximum Gasteiger partial charge on any atom is 0.241 e. The van der Waals surface area contributed by atoms with Crippen LogP contribution in [0.2, 0.25) is 0 Å². The third kappa shape index (κ3) is 4.94. The summed E-state index contributed by atoms with van der Waals surface area (Å²) in [5.74, 6) is 0.599. The lowest BCUT2D eigenvalue weighted by molar-refractivity contribution is -0.130. The summed E-state index contributed by atoms with van der Waals surface area (Å²) in [4.78, 5) is 29.7. The zero-order valence-electron chi connectivity index (χ0n) is 14.8. The van der Waals surface area contributed by atoms with E-state index in [-0.39, 0.29) is 24.8 Å². The van der Waals surface area contributed by atoms with Gasteiger partial charge in [-0.3, -0.25) is 14.5 Å². The first-order chi connectivity index (χ1) is 12.1. The number of para-hydroxylation sites is 2. The topological polar surface area (TPSA) is 76.9 Å². The molecule has 0 saturated carbocycles. The second kappa shape index (κ2) is 9.04. The third-order valence-corrected chi connectivity index (χ3v) is 4.30. The molecule has 0 radical (unpaired) electrons. The molecule has 25 heavy (non-hydrogen) atoms. The second-order valence-corrected chi connectivity index (χ2v) is 5.91. The number of ether oxygens (including phenoxy) is 1. The summed E-state index contributed by atoms with van der Waals surface area (Å²) in [5.41, 5.74) is 0.674. The SMILES string of the molecule is COc1ccccc1N(CCC#N)C(=O)CN1CCN(C(C)=O)CC1. The van der Waals surface area contributed by atoms with Gasteiger partial charge in [0.25, 0.3) is 0 Å². The quantitative estimate of drug-likeness (QED) is 0.772. The number of methoxy groups -OCH3 is 1. The van der Waals surface area contributed by atoms with Gasteiger partial charge in [0.05, 0.1) is 31.8 Å². The molecule has 0 N–H and O–H groups in total. The summed E-state index contributed by atoms with van der Waals surface area (Å²) in [6.07, 6.45) is 0.252. The van der Waals surface area contributed by atoms with E-state index in [1.165, 1.54) is 0 Å². The van der Waals surface area contributed by atoms with Crippen LogP contribution >= 0.6 is 0 Å². The molecule has 0 bridgehead atoms. The molecule has 7 heteroatoms. The number of hydrogen-bond donors (Lipinski definition) is 0. The van der Waals surface area contributed by atoms with Crippen molar-refractivity contribution in [3.8, 4) is 11.8 Å². The zero-order valence-corrected chi connectivity index (χ0v) is 14.8. The lowest BCUT2D eigenvalue weighted by Crippen LogP contribution is -2.51. The van der Waals surface area contributed by atoms with Crippen LogP contribution in [0.15, 0.2) is 24.3 Å². The van der Waals surface area contributed by atoms with Gasteiger partial charge < -0.3 is 14.5 Å². The predicted octanol–water partition coefficient (Wildman–Crippen LogP) is 1.11. The molecule has 1 aliphatic rings. The van der Waals surface area contributed by atoms with Crippen molar-refractivity contribution >= 4 is 17.5 Å². The highest BCUT2D eigenvalue weighted by Gasteiger charge is 2.24. The minimum absolute atomic E-state index is 0.0654. The Hall–Kier alpha value is -2.59. The molecule has 1 saturated heterocycles. The van der Waals surface area contributed by atoms with Crippen LogP contribution in [0, 0.1) is 11.3 Å². The van der Waals surface area contributed by atoms with E-state index in [0.29, 0.717) is 44.2 Å². The van der Waals surface area contributed by atoms with Crippen LogP contribution in [0.3, 0.4) is 0 Å². The monoisotopic (exact) mass is 344 g/mol. The fourth-order valence-corrected chi connectivity index (χ4v) is 2.89. The minimum atomic E-state index is -0.0731. The van der Waals surface area contributed by atoms with Crippen LogP contribution in [0.4, 0.5) is 5.69 Å². The summed E-state index contributed by atoms with van der Waals surface area (Å²) in [6, 6.07) is 9.40. The molecule has 1 fully saturated rings. The number of carbonyl (C=O) groups excluding carboxylic acids is 2. The molecule has 134 valence electrons. The molecule has 0 atom stereocenters. The van der Waals surface area contributed by atoms with Gasteiger partial charge >= 0.3 is 0 Å². The fraction of sp³-hybridized carbons (Fsp3) is 0.500. The van der Waals surface area contributed by atoms with Gasteiger partial charge in [0.15, 0.2) is 0 Å². The van der Waals surface area contributed by atoms with Gasteiger partial charge in [0.1, 0.15) is 5.75 Å². The second-order valence-electron chi connectivity index (χ2n) is 5.91. The van der Waals surface area contributed by atoms with E-state index in [4.69, 9.17) is 10.00 Å². The molecule has 1 heterocycles. The van der Waals surface area contributed by atoms with Gasteiger partial charge in [-0.15, -0.1) is 0 Å². The van der Waals surface area contributed by atoms with Gasteiger partial charge in [-0.05, 0) is 12.1 Å². The van der Waals surface area contributed by atoms with E-state index in [1.807, 2.05) is 23.1 Å². The first kappa shape index (κ1) is 18.7. The number of nitriles is 1. The average molecular weight is 344 g/mol. The van der Waals surface area contributed by atoms with E-state index < -0.39 is 0 Å². The van der Waals surface area contributed by atoms with Gasteiger partial charge in [-0.2, -0.15) is 5.26 Å². The molecular weight excluding hydrogens is 320 g/mol. The van der Waals surface area contributed by atoms with E-state index in [1.54, 1.807) is 29.9 Å². The Morgan fingerprint density at radius 1 is 1.24 bits per heavy atom. The highest BCUT2D eigenvalue weighted by atomic mass is 16.5. The maximum atomic E-state index is 12.8. The Labute approximate surface area is 148 Å². The van der Waals surface area contributed by atoms with Crippen LogP contribution in [-0.2, 0) is 9.59 Å². The van der Waals surface area contributed by atoms with E-state index in [9.17, 15) is 9.59 Å². The van der Waals surface area contributed by atoms with Crippen molar-refractivity contribution in [1.82, 2.24) is 9.80 Å². The van der Waals surface area contributed by atoms with Crippen molar-refractivity contribution in [2.75, 3.05) is 51.3 Å². The average Bonchev–Trinajstić information content (AvgIpc) is 2.63. The smallest absolute Gasteiger partial charge is 0.241 e. The number of piperazine rings is 1. The molecule has 2 amide bonds. The summed E-state index contributed by atoms with van der Waals surface area (Å²) < 4.78 is 5.35. The standard InChI is InChI=1S/C18H24N4O3/c1-15(23)21-12-10-20(11-13-21)14-18(24)22(9-5-8-19)16-6-3-4-7-17(16)25-2/h3-4,6-7H,5,9-14H2,1-2H3. The van der Waals surface area contributed by atoms with Crippen molar-refractivity contribution in [2.45, 2.75) is 13.3 Å². The van der Waals surface area contributed by atoms with Crippen LogP contribution in [-0.4, -0.2) is 68.0 Å². The summed E-state index contributed by atoms with van der Waals surface area (Å²) in [6.45, 7) is 4.75. The number of anilines is 1. The number of hydrogen-bond acceptors (Lipinski definition) is 5. The summed E-state index contributed by atoms with van der Waals surface area (Å²) in [5, 5.41) is 8.91. The number of carbonyl (C=O) groups is 2. The molecule has 2 rings (SSSR count). The lowest BCUT2D eigenvalue weighted by atomic mass is 10.2. The van der Waals surface area contributed by atoms with Crippen LogP contribution in [0.25, 0.3) is 0 Å². The molecule has 0 spiro atoms. The van der Waals surface area contributed by atoms with Gasteiger partial charge in [0.2, 0.25) is 11.8 Å². The van der Waals surface area contributed by atoms with E-state index in [0.717, 1.165) is 0 Å². The van der Waals surface area contributed by atoms with Crippen LogP contribution in [0.1, 0.15) is 13.3 Å². The first-order valence-electron chi connectivity index (χ1n) is 8.35. The Morgan fingerprint density at radius 3 is 2.52 bits per heavy atom. The number of amides is 2. The predicted molar refractivity (Wildman–Crippen MR) is 94.3 cm³/mol. The highest BCUT2D eigenvalue weighted by molar-refractivity contribution is 5.96. The Kier molecular flexibility index (Phi) is 6.78. The molecular formula is C18H24N4O3. The van der Waals surface area contributed by atoms with Gasteiger partial charge in [-0.25, -0.2) is 0 Å². The fourth-order valence-electron chi connectivity index (χ4n) is 2.89. The van der Waals surface area contributed by atoms with Crippen molar-refractivity contribution in [2.24, 2.45) is 0 Å². The maximum absolute atomic E-state index is 12.8. The molecule has 1 aliphatic heterocycles. The number of benzene rings is 1. The van der Waals surface area contributed by atoms with Crippen LogP contribution < -0.4 is 9.64 Å². The van der Waals surface area contributed by atoms with Crippen molar-refractivity contribution in [3.63, 3.8) is 0 Å². The van der Waals surface area contributed by atoms with Crippen LogP contribution in [0.5, 0.6) is 5.75 Å². The lowest BCUT2D eigenvalue weighted by Gasteiger charge is -2.35. The Balaban J connectivity index is 2.06. The molecule has 0 aromatic heterocycles. The Morgan fingerprint density at radius 2 is 1.92 bits per heavy atom. The molecule has 0 unspecified atom stereocenters. The van der Waals surface area contributed by atoms with Crippen molar-refractivity contribution in [3.05, 3.63) is 24.3 Å². The van der Waals surface area contributed by atoms with Crippen molar-refractivity contribution in [1.29, 1.82) is 5.26 Å². The molecule has 7 nitrogen and oxygen atoms in total. The molecule has 0 aliphatic carbocycles. The normalized spacial score (nSPS) is 14.7. The molecule has 1 aromatic carbocycles. The van der Waals surface area contributed by atoms with E-state index in [2.05, 4.69) is 6.07 Å². The highest BCUT2D eigenvalue weighted by Crippen LogP contribution is 2.28. The third-order valence-electron chi connectivity index (χ3n) is 4.30. The minimum Gasteiger partial charge on any atom is -0.495 e. The van der Waals surface area contributed by atoms with Gasteiger partial charge in [0, 0.05) is 39.6 Å². The van der Waals surface area contributed by atoms with Crippen molar-refractivity contribution < 1.29 is 14.3 Å². The molecule has 1 aromatic rings. The van der Waals surface area contributed by atoms with Gasteiger partial charge in [-0.1, -0.05) is 12.1 Å². The largest absolute Gasteiger partial charge is 0.495 e.